The van der Waals surface area contributed by atoms with E-state index in [0.717, 1.165) is 5.56 Å². The van der Waals surface area contributed by atoms with Gasteiger partial charge in [-0.05, 0) is 29.6 Å². The van der Waals surface area contributed by atoms with Crippen molar-refractivity contribution in [3.63, 3.8) is 0 Å². The summed E-state index contributed by atoms with van der Waals surface area (Å²) >= 11 is 5.71. The van der Waals surface area contributed by atoms with Crippen molar-refractivity contribution in [3.05, 3.63) is 45.8 Å². The third kappa shape index (κ3) is 3.50. The smallest absolute Gasteiger partial charge is 0.248 e. The number of carbonyl (C=O) groups excluding carboxylic acids is 1. The van der Waals surface area contributed by atoms with E-state index in [4.69, 9.17) is 22.9 Å². The first-order valence-electron chi connectivity index (χ1n) is 4.20. The standard InChI is InChI=1S/C9H9ClN4O/c10-8(13-14-12)5-6-1-3-7(4-2-6)9(11)15/h1-4,8H,5H2,(H2,11,15). The highest BCUT2D eigenvalue weighted by atomic mass is 35.5. The van der Waals surface area contributed by atoms with Crippen molar-refractivity contribution in [2.24, 2.45) is 10.8 Å². The molecule has 1 atom stereocenters. The number of hydrogen-bond acceptors (Lipinski definition) is 2. The molecule has 0 aliphatic heterocycles. The zero-order chi connectivity index (χ0) is 11.3. The molecule has 0 bridgehead atoms. The van der Waals surface area contributed by atoms with Gasteiger partial charge in [0.2, 0.25) is 5.91 Å². The number of hydrogen-bond donors (Lipinski definition) is 1. The number of rotatable bonds is 4. The van der Waals surface area contributed by atoms with Crippen molar-refractivity contribution in [2.75, 3.05) is 0 Å². The van der Waals surface area contributed by atoms with Gasteiger partial charge < -0.3 is 5.73 Å². The van der Waals surface area contributed by atoms with Gasteiger partial charge in [-0.15, -0.1) is 11.6 Å². The summed E-state index contributed by atoms with van der Waals surface area (Å²) < 4.78 is 0. The molecule has 78 valence electrons. The second-order valence-electron chi connectivity index (χ2n) is 2.90. The van der Waals surface area contributed by atoms with Gasteiger partial charge in [0.1, 0.15) is 5.50 Å². The van der Waals surface area contributed by atoms with E-state index < -0.39 is 11.4 Å². The molecule has 5 nitrogen and oxygen atoms in total. The Morgan fingerprint density at radius 1 is 1.53 bits per heavy atom. The fraction of sp³-hybridized carbons (Fsp3) is 0.222. The zero-order valence-corrected chi connectivity index (χ0v) is 8.55. The summed E-state index contributed by atoms with van der Waals surface area (Å²) in [5.74, 6) is -0.473. The van der Waals surface area contributed by atoms with E-state index in [1.165, 1.54) is 0 Å². The first-order chi connectivity index (χ1) is 7.13. The van der Waals surface area contributed by atoms with Crippen LogP contribution in [-0.2, 0) is 6.42 Å². The van der Waals surface area contributed by atoms with Gasteiger partial charge in [0, 0.05) is 10.5 Å². The van der Waals surface area contributed by atoms with Crippen molar-refractivity contribution in [1.29, 1.82) is 0 Å². The Balaban J connectivity index is 2.72. The van der Waals surface area contributed by atoms with Gasteiger partial charge in [0.05, 0.1) is 0 Å². The lowest BCUT2D eigenvalue weighted by atomic mass is 10.1. The van der Waals surface area contributed by atoms with Crippen molar-refractivity contribution >= 4 is 17.5 Å². The Hall–Kier alpha value is -1.71. The minimum Gasteiger partial charge on any atom is -0.366 e. The molecular weight excluding hydrogens is 216 g/mol. The monoisotopic (exact) mass is 224 g/mol. The number of carbonyl (C=O) groups is 1. The third-order valence-corrected chi connectivity index (χ3v) is 2.06. The first kappa shape index (κ1) is 11.4. The van der Waals surface area contributed by atoms with Crippen LogP contribution in [0.2, 0.25) is 0 Å². The van der Waals surface area contributed by atoms with Crippen molar-refractivity contribution in [1.82, 2.24) is 0 Å². The summed E-state index contributed by atoms with van der Waals surface area (Å²) in [6.07, 6.45) is 0.421. The lowest BCUT2D eigenvalue weighted by Gasteiger charge is -2.03. The lowest BCUT2D eigenvalue weighted by Crippen LogP contribution is -2.10. The molecule has 0 fully saturated rings. The fourth-order valence-corrected chi connectivity index (χ4v) is 1.31. The summed E-state index contributed by atoms with van der Waals surface area (Å²) in [6, 6.07) is 6.67. The van der Waals surface area contributed by atoms with Crippen molar-refractivity contribution in [2.45, 2.75) is 11.9 Å². The number of azide groups is 1. The molecule has 1 amide bonds. The van der Waals surface area contributed by atoms with Gasteiger partial charge in [0.25, 0.3) is 0 Å². The van der Waals surface area contributed by atoms with Crippen LogP contribution in [0.3, 0.4) is 0 Å². The predicted octanol–water partition coefficient (Wildman–Crippen LogP) is 2.20. The molecule has 1 unspecified atom stereocenters. The number of primary amides is 1. The van der Waals surface area contributed by atoms with Crippen LogP contribution in [0.1, 0.15) is 15.9 Å². The van der Waals surface area contributed by atoms with Gasteiger partial charge in [0.15, 0.2) is 0 Å². The molecule has 0 aromatic heterocycles. The highest BCUT2D eigenvalue weighted by Gasteiger charge is 2.04. The minimum absolute atomic E-state index is 0.421. The molecular formula is C9H9ClN4O. The molecule has 0 aliphatic carbocycles. The molecule has 6 heteroatoms. The molecule has 0 spiro atoms. The topological polar surface area (TPSA) is 91.8 Å². The number of amides is 1. The molecule has 0 saturated heterocycles. The van der Waals surface area contributed by atoms with E-state index in [2.05, 4.69) is 10.0 Å². The highest BCUT2D eigenvalue weighted by Crippen LogP contribution is 2.10. The SMILES string of the molecule is [N-]=[N+]=NC(Cl)Cc1ccc(C(N)=O)cc1. The minimum atomic E-state index is -0.616. The Kier molecular flexibility index (Phi) is 3.97. The van der Waals surface area contributed by atoms with Gasteiger partial charge in [-0.3, -0.25) is 4.79 Å². The first-order valence-corrected chi connectivity index (χ1v) is 4.64. The zero-order valence-electron chi connectivity index (χ0n) is 7.80. The van der Waals surface area contributed by atoms with E-state index in [-0.39, 0.29) is 0 Å². The fourth-order valence-electron chi connectivity index (χ4n) is 1.10. The Labute approximate surface area is 91.5 Å². The van der Waals surface area contributed by atoms with Crippen LogP contribution in [-0.4, -0.2) is 11.4 Å². The summed E-state index contributed by atoms with van der Waals surface area (Å²) in [5, 5.41) is 3.33. The number of alkyl halides is 1. The van der Waals surface area contributed by atoms with Gasteiger partial charge >= 0.3 is 0 Å². The molecule has 0 aliphatic rings. The second-order valence-corrected chi connectivity index (χ2v) is 3.41. The quantitative estimate of drug-likeness (QED) is 0.274. The molecule has 1 aromatic carbocycles. The Morgan fingerprint density at radius 2 is 2.13 bits per heavy atom. The van der Waals surface area contributed by atoms with E-state index in [9.17, 15) is 4.79 Å². The Morgan fingerprint density at radius 3 is 2.60 bits per heavy atom. The molecule has 2 N–H and O–H groups in total. The Bertz CT molecular complexity index is 397. The largest absolute Gasteiger partial charge is 0.366 e. The van der Waals surface area contributed by atoms with E-state index >= 15 is 0 Å². The van der Waals surface area contributed by atoms with Gasteiger partial charge in [-0.25, -0.2) is 0 Å². The maximum atomic E-state index is 10.8. The van der Waals surface area contributed by atoms with Crippen LogP contribution in [0.5, 0.6) is 0 Å². The summed E-state index contributed by atoms with van der Waals surface area (Å²) in [6.45, 7) is 0. The highest BCUT2D eigenvalue weighted by molar-refractivity contribution is 6.20. The molecule has 0 radical (unpaired) electrons. The van der Waals surface area contributed by atoms with E-state index in [1.807, 2.05) is 0 Å². The van der Waals surface area contributed by atoms with Gasteiger partial charge in [-0.2, -0.15) is 0 Å². The summed E-state index contributed by atoms with van der Waals surface area (Å²) in [4.78, 5) is 13.4. The van der Waals surface area contributed by atoms with Crippen LogP contribution in [0.4, 0.5) is 0 Å². The summed E-state index contributed by atoms with van der Waals surface area (Å²) in [5.41, 5.74) is 13.9. The number of nitrogens with zero attached hydrogens (tertiary/aromatic N) is 3. The molecule has 1 rings (SSSR count). The van der Waals surface area contributed by atoms with Crippen molar-refractivity contribution in [3.8, 4) is 0 Å². The maximum absolute atomic E-state index is 10.8. The van der Waals surface area contributed by atoms with Gasteiger partial charge in [-0.1, -0.05) is 17.2 Å². The van der Waals surface area contributed by atoms with E-state index in [0.29, 0.717) is 12.0 Å². The van der Waals surface area contributed by atoms with Crippen LogP contribution >= 0.6 is 11.6 Å². The van der Waals surface area contributed by atoms with Crippen LogP contribution in [0.25, 0.3) is 10.4 Å². The summed E-state index contributed by atoms with van der Waals surface area (Å²) in [7, 11) is 0. The average Bonchev–Trinajstić information content (AvgIpc) is 2.18. The lowest BCUT2D eigenvalue weighted by molar-refractivity contribution is 0.100. The number of halogens is 1. The van der Waals surface area contributed by atoms with E-state index in [1.54, 1.807) is 24.3 Å². The number of benzene rings is 1. The van der Waals surface area contributed by atoms with Crippen LogP contribution in [0.15, 0.2) is 29.4 Å². The second kappa shape index (κ2) is 5.24. The molecule has 15 heavy (non-hydrogen) atoms. The molecule has 1 aromatic rings. The predicted molar refractivity (Wildman–Crippen MR) is 57.5 cm³/mol. The molecule has 0 saturated carbocycles. The number of nitrogens with two attached hydrogens (primary N) is 1. The normalized spacial score (nSPS) is 11.5. The van der Waals surface area contributed by atoms with Crippen molar-refractivity contribution < 1.29 is 4.79 Å². The third-order valence-electron chi connectivity index (χ3n) is 1.82. The van der Waals surface area contributed by atoms with Crippen LogP contribution < -0.4 is 5.73 Å². The molecule has 0 heterocycles. The maximum Gasteiger partial charge on any atom is 0.248 e. The average molecular weight is 225 g/mol. The van der Waals surface area contributed by atoms with Crippen LogP contribution in [0, 0.1) is 0 Å².